The van der Waals surface area contributed by atoms with Gasteiger partial charge >= 0.3 is 0 Å². The number of carbonyl (C=O) groups excluding carboxylic acids is 2. The van der Waals surface area contributed by atoms with E-state index >= 15 is 0 Å². The van der Waals surface area contributed by atoms with Crippen LogP contribution in [0.15, 0.2) is 48.8 Å². The van der Waals surface area contributed by atoms with Crippen molar-refractivity contribution in [3.63, 3.8) is 0 Å². The molecule has 0 radical (unpaired) electrons. The number of fused-ring (bicyclic) bond motifs is 1. The van der Waals surface area contributed by atoms with E-state index in [1.807, 2.05) is 28.1 Å². The number of methoxy groups -OCH3 is 1. The third-order valence-corrected chi connectivity index (χ3v) is 7.59. The lowest BCUT2D eigenvalue weighted by molar-refractivity contribution is -0.134. The largest absolute Gasteiger partial charge is 0.497 e. The number of carbonyl (C=O) groups is 2. The molecule has 0 saturated carbocycles. The highest BCUT2D eigenvalue weighted by Crippen LogP contribution is 2.30. The van der Waals surface area contributed by atoms with Crippen molar-refractivity contribution < 1.29 is 19.1 Å². The van der Waals surface area contributed by atoms with E-state index < -0.39 is 0 Å². The zero-order valence-corrected chi connectivity index (χ0v) is 21.1. The van der Waals surface area contributed by atoms with Gasteiger partial charge in [0.2, 0.25) is 0 Å². The molecule has 2 fully saturated rings. The van der Waals surface area contributed by atoms with E-state index in [0.717, 1.165) is 50.0 Å². The standard InChI is InChI=1S/C28H34N4O4/c1-20-7-12-31(13-8-20)28(34)25-18-29-32-16-11-22(17-26(25)32)21-9-14-30(15-10-21)27(33)19-36-24-5-3-23(35-2)4-6-24/h3-6,11,16-18,20-21H,7-10,12-15,19H2,1-2H3. The van der Waals surface area contributed by atoms with Crippen LogP contribution in [0.5, 0.6) is 11.5 Å². The van der Waals surface area contributed by atoms with Crippen LogP contribution in [0.2, 0.25) is 0 Å². The van der Waals surface area contributed by atoms with Crippen molar-refractivity contribution in [2.45, 2.75) is 38.5 Å². The maximum atomic E-state index is 13.2. The van der Waals surface area contributed by atoms with Crippen molar-refractivity contribution in [3.8, 4) is 11.5 Å². The normalized spacial score (nSPS) is 17.4. The molecule has 0 aliphatic carbocycles. The number of nitrogens with zero attached hydrogens (tertiary/aromatic N) is 4. The van der Waals surface area contributed by atoms with E-state index in [9.17, 15) is 9.59 Å². The van der Waals surface area contributed by atoms with Gasteiger partial charge in [0, 0.05) is 32.4 Å². The quantitative estimate of drug-likeness (QED) is 0.522. The lowest BCUT2D eigenvalue weighted by Crippen LogP contribution is -2.40. The zero-order valence-electron chi connectivity index (χ0n) is 21.1. The molecule has 2 saturated heterocycles. The van der Waals surface area contributed by atoms with Crippen molar-refractivity contribution in [2.75, 3.05) is 39.9 Å². The van der Waals surface area contributed by atoms with Gasteiger partial charge in [0.1, 0.15) is 11.5 Å². The maximum absolute atomic E-state index is 13.2. The molecule has 2 amide bonds. The SMILES string of the molecule is COc1ccc(OCC(=O)N2CCC(c3ccn4ncc(C(=O)N5CCC(C)CC5)c4c3)CC2)cc1. The van der Waals surface area contributed by atoms with Crippen LogP contribution in [-0.4, -0.2) is 71.1 Å². The average Bonchev–Trinajstić information content (AvgIpc) is 3.35. The summed E-state index contributed by atoms with van der Waals surface area (Å²) in [5.74, 6) is 2.50. The molecule has 8 nitrogen and oxygen atoms in total. The monoisotopic (exact) mass is 490 g/mol. The third-order valence-electron chi connectivity index (χ3n) is 7.59. The van der Waals surface area contributed by atoms with Gasteiger partial charge in [-0.15, -0.1) is 0 Å². The number of rotatable bonds is 6. The summed E-state index contributed by atoms with van der Waals surface area (Å²) in [6.45, 7) is 5.28. The molecule has 0 unspecified atom stereocenters. The van der Waals surface area contributed by atoms with Crippen molar-refractivity contribution >= 4 is 17.3 Å². The number of ether oxygens (including phenoxy) is 2. The number of hydrogen-bond acceptors (Lipinski definition) is 5. The van der Waals surface area contributed by atoms with Crippen LogP contribution < -0.4 is 9.47 Å². The summed E-state index contributed by atoms with van der Waals surface area (Å²) in [6, 6.07) is 11.4. The molecular formula is C28H34N4O4. The Kier molecular flexibility index (Phi) is 7.11. The number of aromatic nitrogens is 2. The molecule has 0 bridgehead atoms. The topological polar surface area (TPSA) is 76.4 Å². The molecule has 190 valence electrons. The summed E-state index contributed by atoms with van der Waals surface area (Å²) in [5.41, 5.74) is 2.74. The average molecular weight is 491 g/mol. The second-order valence-corrected chi connectivity index (χ2v) is 9.94. The van der Waals surface area contributed by atoms with Crippen LogP contribution in [0, 0.1) is 5.92 Å². The highest BCUT2D eigenvalue weighted by Gasteiger charge is 2.27. The Morgan fingerprint density at radius 2 is 1.61 bits per heavy atom. The first-order valence-corrected chi connectivity index (χ1v) is 12.8. The first-order valence-electron chi connectivity index (χ1n) is 12.8. The minimum Gasteiger partial charge on any atom is -0.497 e. The molecule has 0 N–H and O–H groups in total. The minimum absolute atomic E-state index is 0.000701. The smallest absolute Gasteiger partial charge is 0.260 e. The zero-order chi connectivity index (χ0) is 25.1. The Morgan fingerprint density at radius 3 is 2.31 bits per heavy atom. The van der Waals surface area contributed by atoms with Crippen LogP contribution in [-0.2, 0) is 4.79 Å². The molecule has 3 aromatic rings. The fraction of sp³-hybridized carbons (Fsp3) is 0.464. The maximum Gasteiger partial charge on any atom is 0.260 e. The predicted octanol–water partition coefficient (Wildman–Crippen LogP) is 4.00. The third kappa shape index (κ3) is 5.17. The molecule has 5 rings (SSSR count). The van der Waals surface area contributed by atoms with Gasteiger partial charge in [-0.25, -0.2) is 4.52 Å². The van der Waals surface area contributed by atoms with E-state index in [-0.39, 0.29) is 18.4 Å². The summed E-state index contributed by atoms with van der Waals surface area (Å²) in [4.78, 5) is 29.7. The van der Waals surface area contributed by atoms with Crippen LogP contribution in [0.4, 0.5) is 0 Å². The van der Waals surface area contributed by atoms with E-state index in [4.69, 9.17) is 9.47 Å². The highest BCUT2D eigenvalue weighted by molar-refractivity contribution is 6.00. The molecular weight excluding hydrogens is 456 g/mol. The van der Waals surface area contributed by atoms with E-state index in [0.29, 0.717) is 36.2 Å². The van der Waals surface area contributed by atoms with Crippen molar-refractivity contribution in [3.05, 3.63) is 59.9 Å². The van der Waals surface area contributed by atoms with Crippen LogP contribution in [0.3, 0.4) is 0 Å². The predicted molar refractivity (Wildman–Crippen MR) is 137 cm³/mol. The molecule has 36 heavy (non-hydrogen) atoms. The van der Waals surface area contributed by atoms with Crippen molar-refractivity contribution in [2.24, 2.45) is 5.92 Å². The number of amides is 2. The summed E-state index contributed by atoms with van der Waals surface area (Å²) in [7, 11) is 1.62. The fourth-order valence-electron chi connectivity index (χ4n) is 5.17. The van der Waals surface area contributed by atoms with Gasteiger partial charge in [-0.05, 0) is 79.5 Å². The number of pyridine rings is 1. The number of hydrogen-bond donors (Lipinski definition) is 0. The molecule has 2 aliphatic rings. The number of piperidine rings is 2. The second kappa shape index (κ2) is 10.6. The lowest BCUT2D eigenvalue weighted by atomic mass is 9.89. The summed E-state index contributed by atoms with van der Waals surface area (Å²) < 4.78 is 12.6. The van der Waals surface area contributed by atoms with Gasteiger partial charge in [-0.3, -0.25) is 9.59 Å². The van der Waals surface area contributed by atoms with Gasteiger partial charge in [0.05, 0.1) is 24.4 Å². The lowest BCUT2D eigenvalue weighted by Gasteiger charge is -2.32. The fourth-order valence-corrected chi connectivity index (χ4v) is 5.17. The Morgan fingerprint density at radius 1 is 0.944 bits per heavy atom. The first kappa shape index (κ1) is 24.2. The van der Waals surface area contributed by atoms with Gasteiger partial charge in [-0.1, -0.05) is 6.92 Å². The van der Waals surface area contributed by atoms with E-state index in [1.54, 1.807) is 30.0 Å². The van der Waals surface area contributed by atoms with Crippen LogP contribution >= 0.6 is 0 Å². The molecule has 2 aromatic heterocycles. The molecule has 8 heteroatoms. The van der Waals surface area contributed by atoms with E-state index in [1.165, 1.54) is 5.56 Å². The van der Waals surface area contributed by atoms with Crippen LogP contribution in [0.25, 0.3) is 5.52 Å². The molecule has 1 aromatic carbocycles. The Hall–Kier alpha value is -3.55. The highest BCUT2D eigenvalue weighted by atomic mass is 16.5. The van der Waals surface area contributed by atoms with E-state index in [2.05, 4.69) is 24.2 Å². The Bertz CT molecular complexity index is 1210. The number of benzene rings is 1. The van der Waals surface area contributed by atoms with Crippen molar-refractivity contribution in [1.82, 2.24) is 19.4 Å². The molecule has 2 aliphatic heterocycles. The van der Waals surface area contributed by atoms with Gasteiger partial charge in [-0.2, -0.15) is 5.10 Å². The van der Waals surface area contributed by atoms with Crippen molar-refractivity contribution in [1.29, 1.82) is 0 Å². The van der Waals surface area contributed by atoms with Gasteiger partial charge < -0.3 is 19.3 Å². The number of likely N-dealkylation sites (tertiary alicyclic amines) is 2. The summed E-state index contributed by atoms with van der Waals surface area (Å²) >= 11 is 0. The molecule has 0 spiro atoms. The van der Waals surface area contributed by atoms with Gasteiger partial charge in [0.25, 0.3) is 11.8 Å². The minimum atomic E-state index is -0.000701. The molecule has 0 atom stereocenters. The van der Waals surface area contributed by atoms with Gasteiger partial charge in [0.15, 0.2) is 6.61 Å². The molecule has 4 heterocycles. The first-order chi connectivity index (χ1) is 17.5. The summed E-state index contributed by atoms with van der Waals surface area (Å²) in [6.07, 6.45) is 7.51. The summed E-state index contributed by atoms with van der Waals surface area (Å²) in [5, 5.41) is 4.42. The Balaban J connectivity index is 1.19. The second-order valence-electron chi connectivity index (χ2n) is 9.94. The Labute approximate surface area is 211 Å². The van der Waals surface area contributed by atoms with Crippen LogP contribution in [0.1, 0.15) is 54.4 Å².